The molecule has 0 aliphatic carbocycles. The predicted molar refractivity (Wildman–Crippen MR) is 84.3 cm³/mol. The molecule has 0 aromatic heterocycles. The van der Waals surface area contributed by atoms with E-state index in [1.54, 1.807) is 24.3 Å². The SMILES string of the molecule is O=C1COc2ccc(NC(=O)c3cc(Br)ccc3O)cc2N1. The molecule has 22 heavy (non-hydrogen) atoms. The summed E-state index contributed by atoms with van der Waals surface area (Å²) in [6.07, 6.45) is 0. The number of carbonyl (C=O) groups excluding carboxylic acids is 2. The van der Waals surface area contributed by atoms with Crippen molar-refractivity contribution in [2.75, 3.05) is 17.2 Å². The van der Waals surface area contributed by atoms with Crippen LogP contribution >= 0.6 is 15.9 Å². The van der Waals surface area contributed by atoms with Crippen LogP contribution in [0.5, 0.6) is 11.5 Å². The van der Waals surface area contributed by atoms with E-state index in [2.05, 4.69) is 26.6 Å². The highest BCUT2D eigenvalue weighted by Crippen LogP contribution is 2.31. The van der Waals surface area contributed by atoms with Crippen molar-refractivity contribution in [3.8, 4) is 11.5 Å². The van der Waals surface area contributed by atoms with Gasteiger partial charge in [0.15, 0.2) is 6.61 Å². The van der Waals surface area contributed by atoms with Crippen molar-refractivity contribution in [3.63, 3.8) is 0 Å². The quantitative estimate of drug-likeness (QED) is 0.766. The maximum atomic E-state index is 12.2. The standard InChI is InChI=1S/C15H11BrN2O4/c16-8-1-3-12(19)10(5-8)15(21)17-9-2-4-13-11(6-9)18-14(20)7-22-13/h1-6,19H,7H2,(H,17,21)(H,18,20). The smallest absolute Gasteiger partial charge is 0.262 e. The number of anilines is 2. The number of carbonyl (C=O) groups is 2. The highest BCUT2D eigenvalue weighted by molar-refractivity contribution is 9.10. The lowest BCUT2D eigenvalue weighted by Crippen LogP contribution is -2.25. The van der Waals surface area contributed by atoms with Gasteiger partial charge in [-0.2, -0.15) is 0 Å². The minimum Gasteiger partial charge on any atom is -0.507 e. The van der Waals surface area contributed by atoms with Crippen LogP contribution in [0.15, 0.2) is 40.9 Å². The van der Waals surface area contributed by atoms with E-state index in [4.69, 9.17) is 4.74 Å². The molecule has 0 unspecified atom stereocenters. The minimum absolute atomic E-state index is 0.0232. The van der Waals surface area contributed by atoms with E-state index in [1.807, 2.05) is 0 Å². The molecule has 7 heteroatoms. The number of hydrogen-bond donors (Lipinski definition) is 3. The number of phenolic OH excluding ortho intramolecular Hbond substituents is 1. The molecule has 1 heterocycles. The normalized spacial score (nSPS) is 12.9. The fourth-order valence-corrected chi connectivity index (χ4v) is 2.41. The maximum Gasteiger partial charge on any atom is 0.262 e. The summed E-state index contributed by atoms with van der Waals surface area (Å²) >= 11 is 3.25. The lowest BCUT2D eigenvalue weighted by Gasteiger charge is -2.18. The lowest BCUT2D eigenvalue weighted by atomic mass is 10.1. The second-order valence-electron chi connectivity index (χ2n) is 4.66. The summed E-state index contributed by atoms with van der Waals surface area (Å²) in [5, 5.41) is 15.1. The van der Waals surface area contributed by atoms with Gasteiger partial charge in [0.25, 0.3) is 11.8 Å². The average molecular weight is 363 g/mol. The topological polar surface area (TPSA) is 87.7 Å². The zero-order valence-corrected chi connectivity index (χ0v) is 12.8. The minimum atomic E-state index is -0.457. The van der Waals surface area contributed by atoms with Gasteiger partial charge in [-0.1, -0.05) is 15.9 Å². The first-order valence-corrected chi connectivity index (χ1v) is 7.19. The Morgan fingerprint density at radius 3 is 2.91 bits per heavy atom. The highest BCUT2D eigenvalue weighted by Gasteiger charge is 2.17. The van der Waals surface area contributed by atoms with Gasteiger partial charge in [-0.15, -0.1) is 0 Å². The number of amides is 2. The second-order valence-corrected chi connectivity index (χ2v) is 5.58. The fraction of sp³-hybridized carbons (Fsp3) is 0.0667. The first kappa shape index (κ1) is 14.4. The molecule has 0 saturated heterocycles. The summed E-state index contributed by atoms with van der Waals surface area (Å²) in [6.45, 7) is -0.0232. The number of ether oxygens (including phenoxy) is 1. The number of hydrogen-bond acceptors (Lipinski definition) is 4. The number of phenols is 1. The van der Waals surface area contributed by atoms with Gasteiger partial charge < -0.3 is 20.5 Å². The molecule has 0 saturated carbocycles. The zero-order valence-electron chi connectivity index (χ0n) is 11.2. The van der Waals surface area contributed by atoms with Crippen LogP contribution in [0.2, 0.25) is 0 Å². The fourth-order valence-electron chi connectivity index (χ4n) is 2.05. The molecular weight excluding hydrogens is 352 g/mol. The van der Waals surface area contributed by atoms with Gasteiger partial charge in [-0.3, -0.25) is 9.59 Å². The van der Waals surface area contributed by atoms with Gasteiger partial charge >= 0.3 is 0 Å². The Morgan fingerprint density at radius 2 is 2.09 bits per heavy atom. The van der Waals surface area contributed by atoms with Crippen LogP contribution in [0.3, 0.4) is 0 Å². The van der Waals surface area contributed by atoms with Crippen molar-refractivity contribution >= 4 is 39.1 Å². The third-order valence-corrected chi connectivity index (χ3v) is 3.57. The summed E-state index contributed by atoms with van der Waals surface area (Å²) in [4.78, 5) is 23.5. The average Bonchev–Trinajstić information content (AvgIpc) is 2.49. The van der Waals surface area contributed by atoms with Crippen LogP contribution in [-0.2, 0) is 4.79 Å². The number of nitrogens with one attached hydrogen (secondary N) is 2. The number of rotatable bonds is 2. The van der Waals surface area contributed by atoms with Crippen LogP contribution in [0, 0.1) is 0 Å². The molecule has 0 radical (unpaired) electrons. The molecule has 2 aromatic carbocycles. The van der Waals surface area contributed by atoms with Gasteiger partial charge in [0.1, 0.15) is 11.5 Å². The molecule has 0 atom stereocenters. The van der Waals surface area contributed by atoms with Crippen molar-refractivity contribution < 1.29 is 19.4 Å². The van der Waals surface area contributed by atoms with Crippen molar-refractivity contribution in [2.24, 2.45) is 0 Å². The molecular formula is C15H11BrN2O4. The molecule has 112 valence electrons. The van der Waals surface area contributed by atoms with Crippen molar-refractivity contribution in [1.29, 1.82) is 0 Å². The van der Waals surface area contributed by atoms with E-state index >= 15 is 0 Å². The first-order valence-electron chi connectivity index (χ1n) is 6.39. The number of fused-ring (bicyclic) bond motifs is 1. The van der Waals surface area contributed by atoms with Crippen LogP contribution in [0.4, 0.5) is 11.4 Å². The predicted octanol–water partition coefficient (Wildman–Crippen LogP) is 2.74. The number of halogens is 1. The van der Waals surface area contributed by atoms with Crippen molar-refractivity contribution in [3.05, 3.63) is 46.4 Å². The Morgan fingerprint density at radius 1 is 1.27 bits per heavy atom. The molecule has 1 aliphatic heterocycles. The van der Waals surface area contributed by atoms with Crippen molar-refractivity contribution in [2.45, 2.75) is 0 Å². The molecule has 2 aromatic rings. The summed E-state index contributed by atoms with van der Waals surface area (Å²) in [6, 6.07) is 9.50. The van der Waals surface area contributed by atoms with Gasteiger partial charge in [0.2, 0.25) is 0 Å². The maximum absolute atomic E-state index is 12.2. The molecule has 3 rings (SSSR count). The van der Waals surface area contributed by atoms with Crippen molar-refractivity contribution in [1.82, 2.24) is 0 Å². The second kappa shape index (κ2) is 5.69. The van der Waals surface area contributed by atoms with E-state index in [-0.39, 0.29) is 23.8 Å². The van der Waals surface area contributed by atoms with E-state index in [0.717, 1.165) is 0 Å². The molecule has 0 fully saturated rings. The van der Waals surface area contributed by atoms with E-state index in [0.29, 0.717) is 21.6 Å². The lowest BCUT2D eigenvalue weighted by molar-refractivity contribution is -0.118. The number of benzene rings is 2. The summed E-state index contributed by atoms with van der Waals surface area (Å²) < 4.78 is 5.93. The molecule has 3 N–H and O–H groups in total. The Balaban J connectivity index is 1.84. The van der Waals surface area contributed by atoms with E-state index in [1.165, 1.54) is 12.1 Å². The Bertz CT molecular complexity index is 776. The largest absolute Gasteiger partial charge is 0.507 e. The van der Waals surface area contributed by atoms with Gasteiger partial charge in [0.05, 0.1) is 11.3 Å². The zero-order chi connectivity index (χ0) is 15.7. The monoisotopic (exact) mass is 362 g/mol. The van der Waals surface area contributed by atoms with Crippen LogP contribution in [0.1, 0.15) is 10.4 Å². The van der Waals surface area contributed by atoms with Crippen LogP contribution in [-0.4, -0.2) is 23.5 Å². The molecule has 2 amide bonds. The summed E-state index contributed by atoms with van der Waals surface area (Å²) in [5.41, 5.74) is 1.12. The van der Waals surface area contributed by atoms with Gasteiger partial charge in [0, 0.05) is 10.2 Å². The summed E-state index contributed by atoms with van der Waals surface area (Å²) in [5.74, 6) is -0.277. The van der Waals surface area contributed by atoms with Gasteiger partial charge in [-0.05, 0) is 36.4 Å². The Labute approximate surface area is 134 Å². The molecule has 0 bridgehead atoms. The first-order chi connectivity index (χ1) is 10.5. The third kappa shape index (κ3) is 2.89. The number of aromatic hydroxyl groups is 1. The molecule has 0 spiro atoms. The van der Waals surface area contributed by atoms with Crippen LogP contribution in [0.25, 0.3) is 0 Å². The highest BCUT2D eigenvalue weighted by atomic mass is 79.9. The van der Waals surface area contributed by atoms with Gasteiger partial charge in [-0.25, -0.2) is 0 Å². The van der Waals surface area contributed by atoms with E-state index < -0.39 is 5.91 Å². The Kier molecular flexibility index (Phi) is 3.72. The van der Waals surface area contributed by atoms with E-state index in [9.17, 15) is 14.7 Å². The van der Waals surface area contributed by atoms with Crippen LogP contribution < -0.4 is 15.4 Å². The third-order valence-electron chi connectivity index (χ3n) is 3.07. The molecule has 6 nitrogen and oxygen atoms in total. The Hall–Kier alpha value is -2.54. The molecule has 1 aliphatic rings. The summed E-state index contributed by atoms with van der Waals surface area (Å²) in [7, 11) is 0.